The van der Waals surface area contributed by atoms with Crippen molar-refractivity contribution in [2.24, 2.45) is 0 Å². The average molecular weight is 377 g/mol. The van der Waals surface area contributed by atoms with Crippen LogP contribution in [-0.4, -0.2) is 0 Å². The highest BCUT2D eigenvalue weighted by molar-refractivity contribution is 5.74. The molecule has 4 aromatic carbocycles. The van der Waals surface area contributed by atoms with Crippen LogP contribution in [0, 0.1) is 0 Å². The van der Waals surface area contributed by atoms with E-state index in [2.05, 4.69) is 124 Å². The molecule has 0 saturated heterocycles. The Balaban J connectivity index is 1.74. The molecule has 4 aromatic rings. The zero-order valence-electron chi connectivity index (χ0n) is 17.5. The van der Waals surface area contributed by atoms with Crippen molar-refractivity contribution in [3.05, 3.63) is 120 Å². The molecule has 0 unspecified atom stereocenters. The van der Waals surface area contributed by atoms with Gasteiger partial charge in [-0.3, -0.25) is 0 Å². The molecule has 0 bridgehead atoms. The van der Waals surface area contributed by atoms with Gasteiger partial charge >= 0.3 is 0 Å². The summed E-state index contributed by atoms with van der Waals surface area (Å²) in [6.45, 7) is 6.79. The Kier molecular flexibility index (Phi) is 5.36. The van der Waals surface area contributed by atoms with Crippen molar-refractivity contribution >= 4 is 0 Å². The Hall–Kier alpha value is -3.12. The third-order valence-corrected chi connectivity index (χ3v) is 5.51. The zero-order chi connectivity index (χ0) is 20.3. The van der Waals surface area contributed by atoms with E-state index >= 15 is 0 Å². The van der Waals surface area contributed by atoms with Crippen molar-refractivity contribution in [1.82, 2.24) is 0 Å². The maximum atomic E-state index is 2.36. The fourth-order valence-corrected chi connectivity index (χ4v) is 3.79. The molecule has 0 aliphatic heterocycles. The second-order valence-electron chi connectivity index (χ2n) is 8.73. The van der Waals surface area contributed by atoms with Crippen LogP contribution in [-0.2, 0) is 11.8 Å². The Labute approximate surface area is 174 Å². The van der Waals surface area contributed by atoms with Crippen LogP contribution in [0.4, 0.5) is 0 Å². The smallest absolute Gasteiger partial charge is 0.00194 e. The second-order valence-corrected chi connectivity index (χ2v) is 8.73. The van der Waals surface area contributed by atoms with E-state index in [4.69, 9.17) is 0 Å². The summed E-state index contributed by atoms with van der Waals surface area (Å²) >= 11 is 0. The fourth-order valence-electron chi connectivity index (χ4n) is 3.79. The zero-order valence-corrected chi connectivity index (χ0v) is 17.5. The molecule has 0 aliphatic carbocycles. The number of hydrogen-bond donors (Lipinski definition) is 0. The largest absolute Gasteiger partial charge is 0.0622 e. The summed E-state index contributed by atoms with van der Waals surface area (Å²) < 4.78 is 0. The molecule has 0 fully saturated rings. The SMILES string of the molecule is CC(C)(C)c1ccc(Cc2cc(-c3ccccc3)ccc2-c2ccccc2)cc1. The summed E-state index contributed by atoms with van der Waals surface area (Å²) in [5.74, 6) is 0. The topological polar surface area (TPSA) is 0 Å². The molecule has 0 radical (unpaired) electrons. The first-order valence-corrected chi connectivity index (χ1v) is 10.3. The third-order valence-electron chi connectivity index (χ3n) is 5.51. The van der Waals surface area contributed by atoms with E-state index in [9.17, 15) is 0 Å². The predicted molar refractivity (Wildman–Crippen MR) is 125 cm³/mol. The van der Waals surface area contributed by atoms with Gasteiger partial charge in [-0.2, -0.15) is 0 Å². The minimum Gasteiger partial charge on any atom is -0.0622 e. The molecule has 4 rings (SSSR count). The quantitative estimate of drug-likeness (QED) is 0.339. The van der Waals surface area contributed by atoms with Gasteiger partial charge in [0.2, 0.25) is 0 Å². The van der Waals surface area contributed by atoms with Crippen molar-refractivity contribution in [1.29, 1.82) is 0 Å². The molecule has 0 nitrogen and oxygen atoms in total. The van der Waals surface area contributed by atoms with E-state index < -0.39 is 0 Å². The standard InChI is InChI=1S/C29H28/c1-29(2,3)27-17-14-22(15-18-27)20-26-21-25(23-10-6-4-7-11-23)16-19-28(26)24-12-8-5-9-13-24/h4-19,21H,20H2,1-3H3. The van der Waals surface area contributed by atoms with Gasteiger partial charge in [-0.15, -0.1) is 0 Å². The molecule has 0 spiro atoms. The van der Waals surface area contributed by atoms with E-state index in [1.54, 1.807) is 0 Å². The van der Waals surface area contributed by atoms with Crippen LogP contribution in [0.25, 0.3) is 22.3 Å². The van der Waals surface area contributed by atoms with Crippen molar-refractivity contribution in [3.63, 3.8) is 0 Å². The molecule has 144 valence electrons. The van der Waals surface area contributed by atoms with Gasteiger partial charge in [0.1, 0.15) is 0 Å². The van der Waals surface area contributed by atoms with E-state index in [0.29, 0.717) is 0 Å². The Morgan fingerprint density at radius 2 is 1.14 bits per heavy atom. The van der Waals surface area contributed by atoms with Crippen LogP contribution >= 0.6 is 0 Å². The second kappa shape index (κ2) is 8.09. The minimum atomic E-state index is 0.182. The van der Waals surface area contributed by atoms with E-state index in [1.165, 1.54) is 38.9 Å². The number of rotatable bonds is 4. The van der Waals surface area contributed by atoms with Crippen molar-refractivity contribution in [2.45, 2.75) is 32.6 Å². The van der Waals surface area contributed by atoms with Gasteiger partial charge in [0.05, 0.1) is 0 Å². The lowest BCUT2D eigenvalue weighted by molar-refractivity contribution is 0.590. The molecule has 0 N–H and O–H groups in total. The van der Waals surface area contributed by atoms with Crippen LogP contribution in [0.3, 0.4) is 0 Å². The lowest BCUT2D eigenvalue weighted by Gasteiger charge is -2.19. The van der Waals surface area contributed by atoms with Gasteiger partial charge in [0, 0.05) is 0 Å². The summed E-state index contributed by atoms with van der Waals surface area (Å²) in [5, 5.41) is 0. The Morgan fingerprint density at radius 3 is 1.72 bits per heavy atom. The normalized spacial score (nSPS) is 11.4. The number of hydrogen-bond acceptors (Lipinski definition) is 0. The fraction of sp³-hybridized carbons (Fsp3) is 0.172. The van der Waals surface area contributed by atoms with E-state index in [0.717, 1.165) is 6.42 Å². The van der Waals surface area contributed by atoms with Gasteiger partial charge in [0.25, 0.3) is 0 Å². The maximum Gasteiger partial charge on any atom is -0.00194 e. The van der Waals surface area contributed by atoms with Crippen LogP contribution in [0.1, 0.15) is 37.5 Å². The molecule has 29 heavy (non-hydrogen) atoms. The summed E-state index contributed by atoms with van der Waals surface area (Å²) in [6.07, 6.45) is 0.926. The molecule has 0 atom stereocenters. The highest BCUT2D eigenvalue weighted by Crippen LogP contribution is 2.31. The predicted octanol–water partition coefficient (Wildman–Crippen LogP) is 7.91. The van der Waals surface area contributed by atoms with Crippen molar-refractivity contribution < 1.29 is 0 Å². The lowest BCUT2D eigenvalue weighted by Crippen LogP contribution is -2.10. The van der Waals surface area contributed by atoms with E-state index in [1.807, 2.05) is 0 Å². The summed E-state index contributed by atoms with van der Waals surface area (Å²) in [5.41, 5.74) is 9.38. The highest BCUT2D eigenvalue weighted by atomic mass is 14.2. The van der Waals surface area contributed by atoms with Crippen LogP contribution in [0.5, 0.6) is 0 Å². The maximum absolute atomic E-state index is 2.36. The van der Waals surface area contributed by atoms with Gasteiger partial charge in [-0.1, -0.05) is 124 Å². The van der Waals surface area contributed by atoms with Gasteiger partial charge in [-0.05, 0) is 50.8 Å². The molecule has 0 saturated carbocycles. The first-order chi connectivity index (χ1) is 14.0. The number of benzene rings is 4. The summed E-state index contributed by atoms with van der Waals surface area (Å²) in [4.78, 5) is 0. The average Bonchev–Trinajstić information content (AvgIpc) is 2.75. The lowest BCUT2D eigenvalue weighted by atomic mass is 9.86. The van der Waals surface area contributed by atoms with Crippen LogP contribution in [0.15, 0.2) is 103 Å². The third kappa shape index (κ3) is 4.49. The molecular formula is C29H28. The van der Waals surface area contributed by atoms with Crippen LogP contribution in [0.2, 0.25) is 0 Å². The summed E-state index contributed by atoms with van der Waals surface area (Å²) in [7, 11) is 0. The van der Waals surface area contributed by atoms with Crippen LogP contribution < -0.4 is 0 Å². The molecule has 0 aromatic heterocycles. The monoisotopic (exact) mass is 376 g/mol. The molecule has 0 amide bonds. The van der Waals surface area contributed by atoms with Crippen molar-refractivity contribution in [2.75, 3.05) is 0 Å². The van der Waals surface area contributed by atoms with Gasteiger partial charge in [0.15, 0.2) is 0 Å². The van der Waals surface area contributed by atoms with Gasteiger partial charge < -0.3 is 0 Å². The molecule has 0 heterocycles. The van der Waals surface area contributed by atoms with Gasteiger partial charge in [-0.25, -0.2) is 0 Å². The van der Waals surface area contributed by atoms with E-state index in [-0.39, 0.29) is 5.41 Å². The minimum absolute atomic E-state index is 0.182. The Morgan fingerprint density at radius 1 is 0.552 bits per heavy atom. The molecule has 0 aliphatic rings. The first kappa shape index (κ1) is 19.2. The Bertz CT molecular complexity index is 1070. The summed E-state index contributed by atoms with van der Waals surface area (Å²) in [6, 6.07) is 37.3. The van der Waals surface area contributed by atoms with Crippen molar-refractivity contribution in [3.8, 4) is 22.3 Å². The molecular weight excluding hydrogens is 348 g/mol. The molecule has 0 heteroatoms. The first-order valence-electron chi connectivity index (χ1n) is 10.3. The highest BCUT2D eigenvalue weighted by Gasteiger charge is 2.14.